The molecule has 0 atom stereocenters. The molecule has 0 spiro atoms. The summed E-state index contributed by atoms with van der Waals surface area (Å²) in [6, 6.07) is 11.2. The molecule has 1 aromatic carbocycles. The number of rotatable bonds is 7. The van der Waals surface area contributed by atoms with Crippen LogP contribution < -0.4 is 5.56 Å². The Kier molecular flexibility index (Phi) is 5.32. The molecule has 28 heavy (non-hydrogen) atoms. The average molecular weight is 413 g/mol. The van der Waals surface area contributed by atoms with Crippen molar-refractivity contribution < 1.29 is 4.79 Å². The molecule has 4 rings (SSSR count). The van der Waals surface area contributed by atoms with Crippen molar-refractivity contribution in [3.8, 4) is 0 Å². The van der Waals surface area contributed by atoms with Crippen LogP contribution >= 0.6 is 23.1 Å². The molecule has 0 aliphatic rings. The molecule has 144 valence electrons. The molecule has 0 radical (unpaired) electrons. The van der Waals surface area contributed by atoms with Crippen LogP contribution in [0.2, 0.25) is 0 Å². The molecule has 6 nitrogen and oxygen atoms in total. The second-order valence-corrected chi connectivity index (χ2v) is 8.85. The Balaban J connectivity index is 1.78. The van der Waals surface area contributed by atoms with Gasteiger partial charge in [0.2, 0.25) is 5.78 Å². The molecule has 0 aliphatic heterocycles. The number of hydrogen-bond acceptors (Lipinski definition) is 6. The van der Waals surface area contributed by atoms with Gasteiger partial charge in [0.1, 0.15) is 0 Å². The largest absolute Gasteiger partial charge is 0.292 e. The molecule has 3 heterocycles. The molecule has 0 N–H and O–H groups in total. The number of hydrogen-bond donors (Lipinski definition) is 0. The third-order valence-corrected chi connectivity index (χ3v) is 6.38. The Morgan fingerprint density at radius 2 is 2.00 bits per heavy atom. The fourth-order valence-electron chi connectivity index (χ4n) is 3.05. The van der Waals surface area contributed by atoms with Crippen molar-refractivity contribution in [2.24, 2.45) is 5.92 Å². The third-order valence-electron chi connectivity index (χ3n) is 4.54. The molecule has 0 unspecified atom stereocenters. The molecule has 0 aliphatic carbocycles. The number of nitrogens with zero attached hydrogens (tertiary/aromatic N) is 4. The predicted octanol–water partition coefficient (Wildman–Crippen LogP) is 4.13. The van der Waals surface area contributed by atoms with Gasteiger partial charge in [0.25, 0.3) is 5.56 Å². The first-order valence-electron chi connectivity index (χ1n) is 9.12. The van der Waals surface area contributed by atoms with Crippen molar-refractivity contribution in [3.63, 3.8) is 0 Å². The minimum absolute atomic E-state index is 0.0534. The maximum absolute atomic E-state index is 13.0. The maximum atomic E-state index is 13.0. The zero-order valence-electron chi connectivity index (χ0n) is 15.7. The highest BCUT2D eigenvalue weighted by molar-refractivity contribution is 7.99. The normalized spacial score (nSPS) is 11.7. The fraction of sp³-hybridized carbons (Fsp3) is 0.300. The van der Waals surface area contributed by atoms with Crippen LogP contribution in [0, 0.1) is 5.92 Å². The summed E-state index contributed by atoms with van der Waals surface area (Å²) in [5.74, 6) is 1.34. The summed E-state index contributed by atoms with van der Waals surface area (Å²) in [7, 11) is 0. The summed E-state index contributed by atoms with van der Waals surface area (Å²) in [6.07, 6.45) is 0.875. The number of carbonyl (C=O) groups is 1. The number of carbonyl (C=O) groups excluding carboxylic acids is 1. The van der Waals surface area contributed by atoms with Crippen LogP contribution in [0.3, 0.4) is 0 Å². The number of benzene rings is 1. The van der Waals surface area contributed by atoms with Crippen molar-refractivity contribution in [2.75, 3.05) is 5.75 Å². The van der Waals surface area contributed by atoms with Gasteiger partial charge < -0.3 is 0 Å². The van der Waals surface area contributed by atoms with Gasteiger partial charge in [-0.3, -0.25) is 18.6 Å². The Morgan fingerprint density at radius 3 is 2.75 bits per heavy atom. The Labute approximate surface area is 170 Å². The van der Waals surface area contributed by atoms with Crippen LogP contribution in [0.5, 0.6) is 0 Å². The predicted molar refractivity (Wildman–Crippen MR) is 114 cm³/mol. The first kappa shape index (κ1) is 18.9. The van der Waals surface area contributed by atoms with E-state index >= 15 is 0 Å². The Bertz CT molecular complexity index is 1190. The summed E-state index contributed by atoms with van der Waals surface area (Å²) < 4.78 is 3.59. The topological polar surface area (TPSA) is 69.3 Å². The van der Waals surface area contributed by atoms with E-state index in [4.69, 9.17) is 0 Å². The first-order chi connectivity index (χ1) is 13.6. The fourth-order valence-corrected chi connectivity index (χ4v) is 4.63. The lowest BCUT2D eigenvalue weighted by Gasteiger charge is -2.12. The second kappa shape index (κ2) is 7.89. The summed E-state index contributed by atoms with van der Waals surface area (Å²) in [5, 5.41) is 11.7. The van der Waals surface area contributed by atoms with Crippen LogP contribution in [-0.2, 0) is 6.54 Å². The zero-order chi connectivity index (χ0) is 19.7. The van der Waals surface area contributed by atoms with E-state index in [1.165, 1.54) is 23.1 Å². The Hall–Kier alpha value is -2.45. The smallest absolute Gasteiger partial charge is 0.262 e. The number of thiophene rings is 1. The van der Waals surface area contributed by atoms with Crippen molar-refractivity contribution in [1.82, 2.24) is 19.2 Å². The summed E-state index contributed by atoms with van der Waals surface area (Å²) in [6.45, 7) is 4.84. The molecule has 0 amide bonds. The number of para-hydroxylation sites is 1. The van der Waals surface area contributed by atoms with Gasteiger partial charge in [-0.15, -0.1) is 21.5 Å². The molecule has 0 saturated carbocycles. The van der Waals surface area contributed by atoms with Gasteiger partial charge in [0, 0.05) is 6.54 Å². The maximum Gasteiger partial charge on any atom is 0.262 e. The van der Waals surface area contributed by atoms with Gasteiger partial charge in [-0.2, -0.15) is 0 Å². The summed E-state index contributed by atoms with van der Waals surface area (Å²) in [5.41, 5.74) is 0.710. The molecular formula is C20H20N4O2S2. The molecule has 3 aromatic heterocycles. The van der Waals surface area contributed by atoms with Crippen LogP contribution in [0.25, 0.3) is 16.7 Å². The molecular weight excluding hydrogens is 392 g/mol. The van der Waals surface area contributed by atoms with Gasteiger partial charge in [-0.05, 0) is 35.9 Å². The second-order valence-electron chi connectivity index (χ2n) is 6.96. The van der Waals surface area contributed by atoms with Gasteiger partial charge >= 0.3 is 0 Å². The number of thioether (sulfide) groups is 1. The first-order valence-corrected chi connectivity index (χ1v) is 11.0. The minimum Gasteiger partial charge on any atom is -0.292 e. The van der Waals surface area contributed by atoms with E-state index in [2.05, 4.69) is 24.0 Å². The van der Waals surface area contributed by atoms with Crippen molar-refractivity contribution in [3.05, 3.63) is 57.0 Å². The van der Waals surface area contributed by atoms with Crippen molar-refractivity contribution in [2.45, 2.75) is 32.0 Å². The third kappa shape index (κ3) is 3.49. The summed E-state index contributed by atoms with van der Waals surface area (Å²) >= 11 is 2.78. The van der Waals surface area contributed by atoms with Crippen LogP contribution in [-0.4, -0.2) is 30.7 Å². The van der Waals surface area contributed by atoms with Crippen molar-refractivity contribution >= 4 is 45.6 Å². The lowest BCUT2D eigenvalue weighted by Crippen LogP contribution is -2.24. The van der Waals surface area contributed by atoms with Crippen LogP contribution in [0.1, 0.15) is 29.9 Å². The number of fused-ring (bicyclic) bond motifs is 3. The van der Waals surface area contributed by atoms with Crippen LogP contribution in [0.15, 0.2) is 51.7 Å². The Morgan fingerprint density at radius 1 is 1.18 bits per heavy atom. The standard InChI is InChI=1S/C20H20N4O2S2/c1-13(2)9-10-23-18(26)14-6-3-4-7-15(14)24-19(23)21-22-20(24)28-12-16(25)17-8-5-11-27-17/h3-8,11,13H,9-10,12H2,1-2H3. The molecule has 0 bridgehead atoms. The van der Waals surface area contributed by atoms with E-state index in [0.29, 0.717) is 28.8 Å². The molecule has 0 saturated heterocycles. The molecule has 4 aromatic rings. The highest BCUT2D eigenvalue weighted by atomic mass is 32.2. The molecule has 0 fully saturated rings. The molecule has 8 heteroatoms. The number of Topliss-reactive ketones (excluding diaryl/α,β-unsaturated/α-hetero) is 1. The highest BCUT2D eigenvalue weighted by Gasteiger charge is 2.18. The van der Waals surface area contributed by atoms with E-state index in [-0.39, 0.29) is 17.1 Å². The quantitative estimate of drug-likeness (QED) is 0.337. The lowest BCUT2D eigenvalue weighted by atomic mass is 10.1. The van der Waals surface area contributed by atoms with Crippen molar-refractivity contribution in [1.29, 1.82) is 0 Å². The van der Waals surface area contributed by atoms with Gasteiger partial charge in [0.05, 0.1) is 21.5 Å². The highest BCUT2D eigenvalue weighted by Crippen LogP contribution is 2.23. The van der Waals surface area contributed by atoms with Gasteiger partial charge in [-0.25, -0.2) is 0 Å². The lowest BCUT2D eigenvalue weighted by molar-refractivity contribution is 0.102. The summed E-state index contributed by atoms with van der Waals surface area (Å²) in [4.78, 5) is 26.1. The van der Waals surface area contributed by atoms with Crippen LogP contribution in [0.4, 0.5) is 0 Å². The van der Waals surface area contributed by atoms with E-state index in [9.17, 15) is 9.59 Å². The number of aryl methyl sites for hydroxylation is 1. The SMILES string of the molecule is CC(C)CCn1c(=O)c2ccccc2n2c(SCC(=O)c3cccs3)nnc12. The van der Waals surface area contributed by atoms with E-state index < -0.39 is 0 Å². The van der Waals surface area contributed by atoms with E-state index in [0.717, 1.165) is 16.8 Å². The van der Waals surface area contributed by atoms with Gasteiger partial charge in [0.15, 0.2) is 10.9 Å². The minimum atomic E-state index is -0.0534. The average Bonchev–Trinajstić information content (AvgIpc) is 3.36. The zero-order valence-corrected chi connectivity index (χ0v) is 17.3. The number of aromatic nitrogens is 4. The monoisotopic (exact) mass is 412 g/mol. The van der Waals surface area contributed by atoms with E-state index in [1.807, 2.05) is 46.2 Å². The van der Waals surface area contributed by atoms with Gasteiger partial charge in [-0.1, -0.05) is 43.8 Å². The number of ketones is 1. The van der Waals surface area contributed by atoms with E-state index in [1.54, 1.807) is 4.57 Å².